The standard InChI is InChI=1S/C24H23ClF3N3O4/c1-14-29-13-21(35-14)19-9-8-16(12-20(19)34-2)22(32)30-31-23(33)18(7-4-10-25)15-5-3-6-17(11-15)24(26,27)28/h3,5-6,8-9,11-13,18H,4,7,10H2,1-2H3,(H,30,32)(H,31,33). The lowest BCUT2D eigenvalue weighted by atomic mass is 9.92. The topological polar surface area (TPSA) is 93.5 Å². The van der Waals surface area contributed by atoms with Gasteiger partial charge in [0.15, 0.2) is 11.7 Å². The van der Waals surface area contributed by atoms with E-state index in [1.54, 1.807) is 13.0 Å². The average molecular weight is 510 g/mol. The second kappa shape index (κ2) is 11.3. The number of aryl methyl sites for hydroxylation is 1. The summed E-state index contributed by atoms with van der Waals surface area (Å²) in [7, 11) is 1.43. The van der Waals surface area contributed by atoms with Crippen molar-refractivity contribution in [1.82, 2.24) is 15.8 Å². The molecule has 0 aliphatic rings. The first-order valence-electron chi connectivity index (χ1n) is 10.6. The van der Waals surface area contributed by atoms with E-state index in [9.17, 15) is 22.8 Å². The zero-order valence-electron chi connectivity index (χ0n) is 18.9. The normalized spacial score (nSPS) is 12.2. The highest BCUT2D eigenvalue weighted by molar-refractivity contribution is 6.17. The average Bonchev–Trinajstić information content (AvgIpc) is 3.28. The van der Waals surface area contributed by atoms with Gasteiger partial charge >= 0.3 is 6.18 Å². The van der Waals surface area contributed by atoms with Crippen LogP contribution in [-0.4, -0.2) is 29.8 Å². The molecule has 2 aromatic carbocycles. The number of amides is 2. The van der Waals surface area contributed by atoms with Gasteiger partial charge in [0, 0.05) is 18.4 Å². The number of nitrogens with one attached hydrogen (secondary N) is 2. The van der Waals surface area contributed by atoms with E-state index in [0.717, 1.165) is 12.1 Å². The first-order valence-corrected chi connectivity index (χ1v) is 11.1. The fourth-order valence-corrected chi connectivity index (χ4v) is 3.62. The van der Waals surface area contributed by atoms with Gasteiger partial charge in [-0.25, -0.2) is 4.98 Å². The molecule has 2 N–H and O–H groups in total. The van der Waals surface area contributed by atoms with Gasteiger partial charge in [-0.05, 0) is 42.7 Å². The molecule has 186 valence electrons. The number of oxazole rings is 1. The van der Waals surface area contributed by atoms with Crippen LogP contribution in [0.2, 0.25) is 0 Å². The molecule has 7 nitrogen and oxygen atoms in total. The van der Waals surface area contributed by atoms with Crippen molar-refractivity contribution in [2.24, 2.45) is 0 Å². The van der Waals surface area contributed by atoms with E-state index >= 15 is 0 Å². The fraction of sp³-hybridized carbons (Fsp3) is 0.292. The molecule has 2 amide bonds. The smallest absolute Gasteiger partial charge is 0.416 e. The van der Waals surface area contributed by atoms with Gasteiger partial charge in [0.2, 0.25) is 5.91 Å². The van der Waals surface area contributed by atoms with Crippen molar-refractivity contribution >= 4 is 23.4 Å². The molecule has 11 heteroatoms. The Morgan fingerprint density at radius 1 is 1.17 bits per heavy atom. The predicted molar refractivity (Wildman–Crippen MR) is 123 cm³/mol. The lowest BCUT2D eigenvalue weighted by Gasteiger charge is -2.19. The third-order valence-electron chi connectivity index (χ3n) is 5.21. The number of halogens is 4. The van der Waals surface area contributed by atoms with Crippen LogP contribution < -0.4 is 15.6 Å². The minimum atomic E-state index is -4.55. The Bertz CT molecular complexity index is 1200. The van der Waals surface area contributed by atoms with Gasteiger partial charge in [-0.15, -0.1) is 11.6 Å². The van der Waals surface area contributed by atoms with E-state index in [1.807, 2.05) is 0 Å². The first-order chi connectivity index (χ1) is 16.6. The summed E-state index contributed by atoms with van der Waals surface area (Å²) < 4.78 is 50.2. The first kappa shape index (κ1) is 26.1. The highest BCUT2D eigenvalue weighted by Crippen LogP contribution is 2.33. The lowest BCUT2D eigenvalue weighted by molar-refractivity contribution is -0.137. The molecular formula is C24H23ClF3N3O4. The number of alkyl halides is 4. The number of ether oxygens (including phenoxy) is 1. The Morgan fingerprint density at radius 3 is 2.57 bits per heavy atom. The van der Waals surface area contributed by atoms with E-state index in [4.69, 9.17) is 20.8 Å². The van der Waals surface area contributed by atoms with Crippen LogP contribution in [0.25, 0.3) is 11.3 Å². The third kappa shape index (κ3) is 6.54. The number of aromatic nitrogens is 1. The molecule has 0 saturated heterocycles. The summed E-state index contributed by atoms with van der Waals surface area (Å²) in [5, 5.41) is 0. The van der Waals surface area contributed by atoms with Crippen LogP contribution in [0.15, 0.2) is 53.1 Å². The molecule has 0 radical (unpaired) electrons. The van der Waals surface area contributed by atoms with Gasteiger partial charge in [0.25, 0.3) is 5.91 Å². The molecule has 0 fully saturated rings. The summed E-state index contributed by atoms with van der Waals surface area (Å²) in [6, 6.07) is 9.11. The highest BCUT2D eigenvalue weighted by atomic mass is 35.5. The van der Waals surface area contributed by atoms with Crippen molar-refractivity contribution in [2.45, 2.75) is 31.9 Å². The second-order valence-corrected chi connectivity index (χ2v) is 7.99. The SMILES string of the molecule is COc1cc(C(=O)NNC(=O)C(CCCCl)c2cccc(C(F)(F)F)c2)ccc1-c1cnc(C)o1. The summed E-state index contributed by atoms with van der Waals surface area (Å²) in [5.41, 5.74) is 4.67. The summed E-state index contributed by atoms with van der Waals surface area (Å²) >= 11 is 5.73. The van der Waals surface area contributed by atoms with Crippen molar-refractivity contribution in [3.05, 3.63) is 71.2 Å². The molecule has 35 heavy (non-hydrogen) atoms. The van der Waals surface area contributed by atoms with Gasteiger partial charge in [-0.1, -0.05) is 18.2 Å². The quantitative estimate of drug-likeness (QED) is 0.320. The van der Waals surface area contributed by atoms with Crippen LogP contribution >= 0.6 is 11.6 Å². The summed E-state index contributed by atoms with van der Waals surface area (Å²) in [4.78, 5) is 29.5. The maximum Gasteiger partial charge on any atom is 0.416 e. The highest BCUT2D eigenvalue weighted by Gasteiger charge is 2.32. The molecule has 0 aliphatic heterocycles. The zero-order valence-corrected chi connectivity index (χ0v) is 19.7. The summed E-state index contributed by atoms with van der Waals surface area (Å²) in [6.07, 6.45) is -2.43. The Morgan fingerprint density at radius 2 is 1.94 bits per heavy atom. The monoisotopic (exact) mass is 509 g/mol. The van der Waals surface area contributed by atoms with Crippen LogP contribution in [-0.2, 0) is 11.0 Å². The summed E-state index contributed by atoms with van der Waals surface area (Å²) in [6.45, 7) is 1.69. The van der Waals surface area contributed by atoms with Crippen molar-refractivity contribution < 1.29 is 31.9 Å². The third-order valence-corrected chi connectivity index (χ3v) is 5.48. The number of carbonyl (C=O) groups excluding carboxylic acids is 2. The Hall–Kier alpha value is -3.53. The van der Waals surface area contributed by atoms with Gasteiger partial charge in [0.1, 0.15) is 5.75 Å². The molecular weight excluding hydrogens is 487 g/mol. The van der Waals surface area contributed by atoms with Gasteiger partial charge < -0.3 is 9.15 Å². The number of carbonyl (C=O) groups is 2. The van der Waals surface area contributed by atoms with E-state index in [-0.39, 0.29) is 23.4 Å². The van der Waals surface area contributed by atoms with Crippen LogP contribution in [0, 0.1) is 6.92 Å². The number of hydrogen-bond donors (Lipinski definition) is 2. The molecule has 1 heterocycles. The van der Waals surface area contributed by atoms with E-state index in [0.29, 0.717) is 29.4 Å². The number of benzene rings is 2. The van der Waals surface area contributed by atoms with Crippen molar-refractivity contribution in [3.8, 4) is 17.1 Å². The molecule has 1 unspecified atom stereocenters. The van der Waals surface area contributed by atoms with Crippen LogP contribution in [0.3, 0.4) is 0 Å². The van der Waals surface area contributed by atoms with Crippen molar-refractivity contribution in [1.29, 1.82) is 0 Å². The lowest BCUT2D eigenvalue weighted by Crippen LogP contribution is -2.44. The maximum absolute atomic E-state index is 13.1. The minimum Gasteiger partial charge on any atom is -0.496 e. The number of hydrogen-bond acceptors (Lipinski definition) is 5. The summed E-state index contributed by atoms with van der Waals surface area (Å²) in [5.74, 6) is -0.738. The minimum absolute atomic E-state index is 0.171. The van der Waals surface area contributed by atoms with Crippen LogP contribution in [0.5, 0.6) is 5.75 Å². The van der Waals surface area contributed by atoms with E-state index in [1.165, 1.54) is 37.6 Å². The van der Waals surface area contributed by atoms with Gasteiger partial charge in [-0.2, -0.15) is 13.2 Å². The van der Waals surface area contributed by atoms with E-state index < -0.39 is 29.5 Å². The molecule has 0 aliphatic carbocycles. The van der Waals surface area contributed by atoms with E-state index in [2.05, 4.69) is 15.8 Å². The molecule has 1 atom stereocenters. The fourth-order valence-electron chi connectivity index (χ4n) is 3.46. The maximum atomic E-state index is 13.1. The Labute approximate surface area is 204 Å². The zero-order chi connectivity index (χ0) is 25.6. The molecule has 1 aromatic heterocycles. The molecule has 0 bridgehead atoms. The Kier molecular flexibility index (Phi) is 8.39. The van der Waals surface area contributed by atoms with Crippen molar-refractivity contribution in [2.75, 3.05) is 13.0 Å². The molecule has 3 aromatic rings. The van der Waals surface area contributed by atoms with Crippen LogP contribution in [0.4, 0.5) is 13.2 Å². The van der Waals surface area contributed by atoms with Gasteiger partial charge in [0.05, 0.1) is 30.4 Å². The largest absolute Gasteiger partial charge is 0.496 e. The second-order valence-electron chi connectivity index (χ2n) is 7.61. The Balaban J connectivity index is 1.74. The molecule has 3 rings (SSSR count). The number of methoxy groups -OCH3 is 1. The van der Waals surface area contributed by atoms with Crippen LogP contribution in [0.1, 0.15) is 46.1 Å². The van der Waals surface area contributed by atoms with Crippen molar-refractivity contribution in [3.63, 3.8) is 0 Å². The predicted octanol–water partition coefficient (Wildman–Crippen LogP) is 5.24. The number of hydrazine groups is 1. The van der Waals surface area contributed by atoms with Gasteiger partial charge in [-0.3, -0.25) is 20.4 Å². The number of nitrogens with zero attached hydrogens (tertiary/aromatic N) is 1. The molecule has 0 spiro atoms. The number of rotatable bonds is 8. The molecule has 0 saturated carbocycles.